The molecule has 0 atom stereocenters. The van der Waals surface area contributed by atoms with Crippen LogP contribution in [-0.4, -0.2) is 42.0 Å². The topological polar surface area (TPSA) is 71.3 Å². The van der Waals surface area contributed by atoms with Crippen molar-refractivity contribution in [3.8, 4) is 0 Å². The predicted octanol–water partition coefficient (Wildman–Crippen LogP) is 2.51. The summed E-state index contributed by atoms with van der Waals surface area (Å²) in [6, 6.07) is 8.40. The van der Waals surface area contributed by atoms with Gasteiger partial charge in [-0.25, -0.2) is 4.98 Å². The standard InChI is InChI=1S/C14H18N4O2/c1-17(2)9-3-8-15-14-7-4-11-10-12(18(19)20)5-6-13(11)16-14/h4-7,10H,3,8-9H2,1-2H3,(H,15,16). The zero-order valence-corrected chi connectivity index (χ0v) is 11.7. The number of non-ortho nitro benzene ring substituents is 1. The molecule has 0 aliphatic rings. The zero-order valence-electron chi connectivity index (χ0n) is 11.7. The molecule has 0 amide bonds. The highest BCUT2D eigenvalue weighted by atomic mass is 16.6. The first-order valence-electron chi connectivity index (χ1n) is 6.50. The van der Waals surface area contributed by atoms with Crippen LogP contribution in [0.1, 0.15) is 6.42 Å². The smallest absolute Gasteiger partial charge is 0.270 e. The molecular formula is C14H18N4O2. The highest BCUT2D eigenvalue weighted by molar-refractivity contribution is 5.82. The van der Waals surface area contributed by atoms with Gasteiger partial charge in [-0.2, -0.15) is 0 Å². The van der Waals surface area contributed by atoms with Gasteiger partial charge in [-0.3, -0.25) is 10.1 Å². The second kappa shape index (κ2) is 6.29. The summed E-state index contributed by atoms with van der Waals surface area (Å²) >= 11 is 0. The highest BCUT2D eigenvalue weighted by Crippen LogP contribution is 2.20. The third-order valence-corrected chi connectivity index (χ3v) is 2.97. The van der Waals surface area contributed by atoms with Crippen LogP contribution in [0, 0.1) is 10.1 Å². The van der Waals surface area contributed by atoms with E-state index in [1.54, 1.807) is 6.07 Å². The van der Waals surface area contributed by atoms with E-state index in [2.05, 4.69) is 15.2 Å². The van der Waals surface area contributed by atoms with Gasteiger partial charge in [0.25, 0.3) is 5.69 Å². The van der Waals surface area contributed by atoms with Crippen LogP contribution in [0.3, 0.4) is 0 Å². The van der Waals surface area contributed by atoms with E-state index in [1.165, 1.54) is 12.1 Å². The third-order valence-electron chi connectivity index (χ3n) is 2.97. The van der Waals surface area contributed by atoms with E-state index in [0.717, 1.165) is 36.2 Å². The minimum absolute atomic E-state index is 0.0889. The lowest BCUT2D eigenvalue weighted by molar-refractivity contribution is -0.384. The summed E-state index contributed by atoms with van der Waals surface area (Å²) < 4.78 is 0. The first-order valence-corrected chi connectivity index (χ1v) is 6.50. The van der Waals surface area contributed by atoms with Crippen LogP contribution in [0.2, 0.25) is 0 Å². The van der Waals surface area contributed by atoms with Crippen LogP contribution < -0.4 is 5.32 Å². The SMILES string of the molecule is CN(C)CCCNc1ccc2cc([N+](=O)[O-])ccc2n1. The molecule has 0 spiro atoms. The van der Waals surface area contributed by atoms with Crippen molar-refractivity contribution in [1.29, 1.82) is 0 Å². The molecule has 6 heteroatoms. The maximum absolute atomic E-state index is 10.7. The van der Waals surface area contributed by atoms with E-state index >= 15 is 0 Å². The second-order valence-corrected chi connectivity index (χ2v) is 4.91. The lowest BCUT2D eigenvalue weighted by Crippen LogP contribution is -2.16. The Hall–Kier alpha value is -2.21. The summed E-state index contributed by atoms with van der Waals surface area (Å²) in [4.78, 5) is 16.9. The van der Waals surface area contributed by atoms with Crippen LogP contribution in [-0.2, 0) is 0 Å². The molecule has 2 aromatic rings. The van der Waals surface area contributed by atoms with Gasteiger partial charge in [0, 0.05) is 24.1 Å². The number of pyridine rings is 1. The van der Waals surface area contributed by atoms with Crippen LogP contribution in [0.15, 0.2) is 30.3 Å². The molecule has 1 heterocycles. The average Bonchev–Trinajstić information content (AvgIpc) is 2.42. The molecule has 20 heavy (non-hydrogen) atoms. The molecule has 6 nitrogen and oxygen atoms in total. The zero-order chi connectivity index (χ0) is 14.5. The van der Waals surface area contributed by atoms with Gasteiger partial charge in [-0.15, -0.1) is 0 Å². The van der Waals surface area contributed by atoms with E-state index in [9.17, 15) is 10.1 Å². The van der Waals surface area contributed by atoms with Gasteiger partial charge in [-0.1, -0.05) is 0 Å². The summed E-state index contributed by atoms with van der Waals surface area (Å²) in [6.07, 6.45) is 1.03. The number of rotatable bonds is 6. The number of aromatic nitrogens is 1. The average molecular weight is 274 g/mol. The summed E-state index contributed by atoms with van der Waals surface area (Å²) in [6.45, 7) is 1.87. The molecular weight excluding hydrogens is 256 g/mol. The Kier molecular flexibility index (Phi) is 4.47. The Balaban J connectivity index is 2.06. The molecule has 0 radical (unpaired) electrons. The Morgan fingerprint density at radius 1 is 1.30 bits per heavy atom. The number of anilines is 1. The van der Waals surface area contributed by atoms with Crippen molar-refractivity contribution < 1.29 is 4.92 Å². The first kappa shape index (κ1) is 14.2. The van der Waals surface area contributed by atoms with E-state index < -0.39 is 4.92 Å². The number of nitro benzene ring substituents is 1. The van der Waals surface area contributed by atoms with Crippen LogP contribution in [0.5, 0.6) is 0 Å². The lowest BCUT2D eigenvalue weighted by Gasteiger charge is -2.10. The van der Waals surface area contributed by atoms with E-state index in [0.29, 0.717) is 0 Å². The molecule has 0 saturated carbocycles. The van der Waals surface area contributed by atoms with Crippen molar-refractivity contribution in [2.24, 2.45) is 0 Å². The Bertz CT molecular complexity index is 613. The fourth-order valence-corrected chi connectivity index (χ4v) is 1.94. The molecule has 1 aromatic heterocycles. The fourth-order valence-electron chi connectivity index (χ4n) is 1.94. The quantitative estimate of drug-likeness (QED) is 0.498. The van der Waals surface area contributed by atoms with Crippen molar-refractivity contribution in [2.75, 3.05) is 32.5 Å². The molecule has 1 N–H and O–H groups in total. The van der Waals surface area contributed by atoms with Gasteiger partial charge in [0.1, 0.15) is 5.82 Å². The van der Waals surface area contributed by atoms with Gasteiger partial charge in [-0.05, 0) is 45.3 Å². The molecule has 2 rings (SSSR count). The second-order valence-electron chi connectivity index (χ2n) is 4.91. The minimum atomic E-state index is -0.396. The maximum Gasteiger partial charge on any atom is 0.270 e. The van der Waals surface area contributed by atoms with Crippen molar-refractivity contribution in [1.82, 2.24) is 9.88 Å². The van der Waals surface area contributed by atoms with E-state index in [4.69, 9.17) is 0 Å². The van der Waals surface area contributed by atoms with E-state index in [1.807, 2.05) is 26.2 Å². The van der Waals surface area contributed by atoms with Gasteiger partial charge >= 0.3 is 0 Å². The summed E-state index contributed by atoms with van der Waals surface area (Å²) in [5, 5.41) is 14.7. The third kappa shape index (κ3) is 3.64. The first-order chi connectivity index (χ1) is 9.56. The summed E-state index contributed by atoms with van der Waals surface area (Å²) in [5.74, 6) is 0.796. The number of nitro groups is 1. The number of benzene rings is 1. The normalized spacial score (nSPS) is 10.9. The van der Waals surface area contributed by atoms with Crippen molar-refractivity contribution >= 4 is 22.4 Å². The van der Waals surface area contributed by atoms with Crippen LogP contribution >= 0.6 is 0 Å². The molecule has 0 saturated heterocycles. The number of nitrogens with one attached hydrogen (secondary N) is 1. The van der Waals surface area contributed by atoms with E-state index in [-0.39, 0.29) is 5.69 Å². The minimum Gasteiger partial charge on any atom is -0.370 e. The van der Waals surface area contributed by atoms with Crippen molar-refractivity contribution in [2.45, 2.75) is 6.42 Å². The van der Waals surface area contributed by atoms with Crippen molar-refractivity contribution in [3.05, 3.63) is 40.4 Å². The Morgan fingerprint density at radius 3 is 2.80 bits per heavy atom. The summed E-state index contributed by atoms with van der Waals surface area (Å²) in [7, 11) is 4.09. The summed E-state index contributed by atoms with van der Waals surface area (Å²) in [5.41, 5.74) is 0.846. The highest BCUT2D eigenvalue weighted by Gasteiger charge is 2.06. The number of nitrogens with zero attached hydrogens (tertiary/aromatic N) is 3. The number of hydrogen-bond acceptors (Lipinski definition) is 5. The molecule has 106 valence electrons. The van der Waals surface area contributed by atoms with Gasteiger partial charge < -0.3 is 10.2 Å². The van der Waals surface area contributed by atoms with Gasteiger partial charge in [0.2, 0.25) is 0 Å². The fraction of sp³-hybridized carbons (Fsp3) is 0.357. The number of hydrogen-bond donors (Lipinski definition) is 1. The maximum atomic E-state index is 10.7. The molecule has 0 aliphatic heterocycles. The van der Waals surface area contributed by atoms with Gasteiger partial charge in [0.05, 0.1) is 10.4 Å². The van der Waals surface area contributed by atoms with Crippen LogP contribution in [0.25, 0.3) is 10.9 Å². The molecule has 0 unspecified atom stereocenters. The molecule has 0 aliphatic carbocycles. The Morgan fingerprint density at radius 2 is 2.10 bits per heavy atom. The van der Waals surface area contributed by atoms with Crippen LogP contribution in [0.4, 0.5) is 11.5 Å². The molecule has 0 bridgehead atoms. The van der Waals surface area contributed by atoms with Gasteiger partial charge in [0.15, 0.2) is 0 Å². The monoisotopic (exact) mass is 274 g/mol. The Labute approximate surface area is 117 Å². The van der Waals surface area contributed by atoms with Crippen molar-refractivity contribution in [3.63, 3.8) is 0 Å². The predicted molar refractivity (Wildman–Crippen MR) is 80.1 cm³/mol. The molecule has 0 fully saturated rings. The largest absolute Gasteiger partial charge is 0.370 e. The lowest BCUT2D eigenvalue weighted by atomic mass is 10.2. The number of fused-ring (bicyclic) bond motifs is 1. The molecule has 1 aromatic carbocycles.